The number of hydrogen-bond acceptors (Lipinski definition) is 9. The van der Waals surface area contributed by atoms with E-state index >= 15 is 0 Å². The zero-order valence-electron chi connectivity index (χ0n) is 23.9. The molecule has 15 heteroatoms. The number of aromatic nitrogens is 4. The van der Waals surface area contributed by atoms with Gasteiger partial charge in [-0.3, -0.25) is 9.89 Å². The summed E-state index contributed by atoms with van der Waals surface area (Å²) < 4.78 is 43.4. The van der Waals surface area contributed by atoms with Crippen molar-refractivity contribution in [1.82, 2.24) is 30.4 Å². The highest BCUT2D eigenvalue weighted by Crippen LogP contribution is 2.30. The van der Waals surface area contributed by atoms with Gasteiger partial charge in [-0.1, -0.05) is 12.1 Å². The number of H-pyrrole nitrogens is 1. The Labute approximate surface area is 245 Å². The molecular formula is C28H32F3N7O5. The van der Waals surface area contributed by atoms with Crippen molar-refractivity contribution in [1.29, 1.82) is 0 Å². The van der Waals surface area contributed by atoms with E-state index in [2.05, 4.69) is 25.8 Å². The summed E-state index contributed by atoms with van der Waals surface area (Å²) in [5.41, 5.74) is 2.55. The first kappa shape index (κ1) is 32.6. The summed E-state index contributed by atoms with van der Waals surface area (Å²) in [5.74, 6) is -0.783. The van der Waals surface area contributed by atoms with Crippen molar-refractivity contribution in [2.24, 2.45) is 0 Å². The Bertz CT molecular complexity index is 1530. The van der Waals surface area contributed by atoms with Crippen LogP contribution in [0.25, 0.3) is 22.3 Å². The van der Waals surface area contributed by atoms with Gasteiger partial charge in [0.2, 0.25) is 0 Å². The Kier molecular flexibility index (Phi) is 11.2. The monoisotopic (exact) mass is 603 g/mol. The number of likely N-dealkylation sites (N-methyl/N-ethyl adjacent to an activating group) is 1. The molecule has 0 atom stereocenters. The van der Waals surface area contributed by atoms with E-state index in [0.29, 0.717) is 29.7 Å². The molecule has 0 aliphatic rings. The highest BCUT2D eigenvalue weighted by Gasteiger charge is 2.38. The summed E-state index contributed by atoms with van der Waals surface area (Å²) in [5, 5.41) is 21.3. The number of carbonyl (C=O) groups is 2. The van der Waals surface area contributed by atoms with Crippen LogP contribution < -0.4 is 20.1 Å². The molecule has 0 saturated heterocycles. The molecule has 0 fully saturated rings. The summed E-state index contributed by atoms with van der Waals surface area (Å²) >= 11 is 0. The van der Waals surface area contributed by atoms with E-state index in [1.54, 1.807) is 18.5 Å². The van der Waals surface area contributed by atoms with Crippen LogP contribution in [0.5, 0.6) is 11.5 Å². The number of nitrogens with one attached hydrogen (secondary N) is 3. The van der Waals surface area contributed by atoms with E-state index in [4.69, 9.17) is 24.4 Å². The summed E-state index contributed by atoms with van der Waals surface area (Å²) in [6, 6.07) is 13.3. The first-order valence-electron chi connectivity index (χ1n) is 13.0. The fourth-order valence-corrected chi connectivity index (χ4v) is 3.44. The molecule has 230 valence electrons. The molecule has 4 N–H and O–H groups in total. The molecule has 0 aliphatic heterocycles. The Hall–Kier alpha value is -4.92. The van der Waals surface area contributed by atoms with E-state index in [1.807, 2.05) is 69.2 Å². The maximum atomic E-state index is 11.9. The average molecular weight is 604 g/mol. The van der Waals surface area contributed by atoms with Crippen LogP contribution in [0.15, 0.2) is 54.9 Å². The molecule has 2 heterocycles. The lowest BCUT2D eigenvalue weighted by atomic mass is 10.2. The highest BCUT2D eigenvalue weighted by molar-refractivity contribution is 5.83. The second kappa shape index (κ2) is 14.8. The largest absolute Gasteiger partial charge is 0.490 e. The van der Waals surface area contributed by atoms with Crippen molar-refractivity contribution in [3.05, 3.63) is 54.9 Å². The molecule has 12 nitrogen and oxygen atoms in total. The van der Waals surface area contributed by atoms with Gasteiger partial charge in [0.15, 0.2) is 24.0 Å². The number of halogens is 3. The molecule has 2 aromatic carbocycles. The van der Waals surface area contributed by atoms with Crippen LogP contribution in [0.1, 0.15) is 13.8 Å². The maximum Gasteiger partial charge on any atom is 0.490 e. The van der Waals surface area contributed by atoms with Crippen molar-refractivity contribution in [3.8, 4) is 22.9 Å². The number of hydrogen-bond donors (Lipinski definition) is 4. The lowest BCUT2D eigenvalue weighted by Gasteiger charge is -2.15. The van der Waals surface area contributed by atoms with Gasteiger partial charge in [0, 0.05) is 29.2 Å². The standard InChI is InChI=1S/C26H31N7O3.C2HF3O2/c1-17(2)29-24(34)16-36-21-7-5-6-18(13-21)25-27-15-23(35-11-10-33(3)4)26(31-25)30-20-8-9-22-19(12-20)14-28-32-22;3-2(4,5)1(6)7/h5-9,12-15,17H,10-11,16H2,1-4H3,(H,28,32)(H,29,34)(H,27,30,31);(H,6,7). The van der Waals surface area contributed by atoms with Gasteiger partial charge in [-0.05, 0) is 58.3 Å². The molecule has 0 aliphatic carbocycles. The fraction of sp³-hybridized carbons (Fsp3) is 0.321. The normalized spacial score (nSPS) is 11.2. The van der Waals surface area contributed by atoms with Crippen molar-refractivity contribution in [2.75, 3.05) is 39.2 Å². The molecule has 0 unspecified atom stereocenters. The quantitative estimate of drug-likeness (QED) is 0.196. The van der Waals surface area contributed by atoms with Crippen LogP contribution >= 0.6 is 0 Å². The molecule has 1 amide bonds. The Morgan fingerprint density at radius 1 is 1.09 bits per heavy atom. The topological polar surface area (TPSA) is 155 Å². The first-order valence-corrected chi connectivity index (χ1v) is 13.0. The first-order chi connectivity index (χ1) is 20.3. The number of aromatic amines is 1. The number of anilines is 2. The van der Waals surface area contributed by atoms with Crippen molar-refractivity contribution in [2.45, 2.75) is 26.1 Å². The van der Waals surface area contributed by atoms with Crippen LogP contribution in [0, 0.1) is 0 Å². The lowest BCUT2D eigenvalue weighted by Crippen LogP contribution is -2.34. The third-order valence-corrected chi connectivity index (χ3v) is 5.41. The van der Waals surface area contributed by atoms with E-state index in [1.165, 1.54) is 0 Å². The number of nitrogens with zero attached hydrogens (tertiary/aromatic N) is 4. The van der Waals surface area contributed by atoms with E-state index < -0.39 is 12.1 Å². The predicted molar refractivity (Wildman–Crippen MR) is 153 cm³/mol. The minimum atomic E-state index is -5.08. The SMILES string of the molecule is CC(C)NC(=O)COc1cccc(-c2ncc(OCCN(C)C)c(Nc3ccc4[nH]ncc4c3)n2)c1.O=C(O)C(F)(F)F. The maximum absolute atomic E-state index is 11.9. The van der Waals surface area contributed by atoms with Crippen LogP contribution in [0.4, 0.5) is 24.7 Å². The van der Waals surface area contributed by atoms with Gasteiger partial charge in [0.05, 0.1) is 17.9 Å². The summed E-state index contributed by atoms with van der Waals surface area (Å²) in [6.45, 7) is 4.99. The Balaban J connectivity index is 0.000000646. The van der Waals surface area contributed by atoms with Gasteiger partial charge >= 0.3 is 12.1 Å². The number of benzene rings is 2. The third kappa shape index (κ3) is 10.5. The second-order valence-corrected chi connectivity index (χ2v) is 9.70. The minimum absolute atomic E-state index is 0.0550. The van der Waals surface area contributed by atoms with Crippen LogP contribution in [0.3, 0.4) is 0 Å². The Morgan fingerprint density at radius 3 is 2.51 bits per heavy atom. The number of alkyl halides is 3. The Morgan fingerprint density at radius 2 is 1.84 bits per heavy atom. The molecule has 4 aromatic rings. The smallest absolute Gasteiger partial charge is 0.487 e. The van der Waals surface area contributed by atoms with Gasteiger partial charge in [-0.15, -0.1) is 0 Å². The molecule has 43 heavy (non-hydrogen) atoms. The number of aliphatic carboxylic acids is 1. The predicted octanol–water partition coefficient (Wildman–Crippen LogP) is 4.24. The molecular weight excluding hydrogens is 571 g/mol. The summed E-state index contributed by atoms with van der Waals surface area (Å²) in [4.78, 5) is 32.2. The molecule has 0 spiro atoms. The van der Waals surface area contributed by atoms with Crippen LogP contribution in [-0.4, -0.2) is 88.1 Å². The zero-order chi connectivity index (χ0) is 31.6. The van der Waals surface area contributed by atoms with E-state index in [9.17, 15) is 18.0 Å². The number of fused-ring (bicyclic) bond motifs is 1. The molecule has 4 rings (SSSR count). The van der Waals surface area contributed by atoms with Crippen LogP contribution in [0.2, 0.25) is 0 Å². The highest BCUT2D eigenvalue weighted by atomic mass is 19.4. The third-order valence-electron chi connectivity index (χ3n) is 5.41. The minimum Gasteiger partial charge on any atom is -0.487 e. The van der Waals surface area contributed by atoms with Gasteiger partial charge in [0.1, 0.15) is 12.4 Å². The molecule has 0 radical (unpaired) electrons. The average Bonchev–Trinajstić information content (AvgIpc) is 3.40. The summed E-state index contributed by atoms with van der Waals surface area (Å²) in [6.07, 6.45) is -1.65. The molecule has 0 bridgehead atoms. The van der Waals surface area contributed by atoms with Gasteiger partial charge in [-0.25, -0.2) is 14.8 Å². The fourth-order valence-electron chi connectivity index (χ4n) is 3.44. The van der Waals surface area contributed by atoms with Gasteiger partial charge < -0.3 is 30.1 Å². The van der Waals surface area contributed by atoms with Crippen LogP contribution in [-0.2, 0) is 9.59 Å². The molecule has 2 aromatic heterocycles. The lowest BCUT2D eigenvalue weighted by molar-refractivity contribution is -0.192. The zero-order valence-corrected chi connectivity index (χ0v) is 23.9. The number of carbonyl (C=O) groups excluding carboxylic acids is 1. The van der Waals surface area contributed by atoms with E-state index in [-0.39, 0.29) is 18.6 Å². The van der Waals surface area contributed by atoms with E-state index in [0.717, 1.165) is 28.7 Å². The number of ether oxygens (including phenoxy) is 2. The van der Waals surface area contributed by atoms with Crippen molar-refractivity contribution in [3.63, 3.8) is 0 Å². The number of rotatable bonds is 11. The van der Waals surface area contributed by atoms with Gasteiger partial charge in [-0.2, -0.15) is 18.3 Å². The number of carboxylic acids is 1. The van der Waals surface area contributed by atoms with Gasteiger partial charge in [0.25, 0.3) is 5.91 Å². The van der Waals surface area contributed by atoms with Crippen molar-refractivity contribution < 1.29 is 37.3 Å². The van der Waals surface area contributed by atoms with Crippen molar-refractivity contribution >= 4 is 34.3 Å². The second-order valence-electron chi connectivity index (χ2n) is 9.70. The molecule has 0 saturated carbocycles. The number of amides is 1. The summed E-state index contributed by atoms with van der Waals surface area (Å²) in [7, 11) is 3.98. The number of carboxylic acid groups (broad SMARTS) is 1.